The van der Waals surface area contributed by atoms with Crippen molar-refractivity contribution in [2.24, 2.45) is 0 Å². The molecular weight excluding hydrogens is 550 g/mol. The van der Waals surface area contributed by atoms with Gasteiger partial charge in [0.1, 0.15) is 17.9 Å². The highest BCUT2D eigenvalue weighted by molar-refractivity contribution is 7.81. The second kappa shape index (κ2) is 11.5. The van der Waals surface area contributed by atoms with Gasteiger partial charge in [-0.3, -0.25) is 29.5 Å². The molecule has 1 fully saturated rings. The van der Waals surface area contributed by atoms with Crippen LogP contribution < -0.4 is 14.5 Å². The van der Waals surface area contributed by atoms with E-state index >= 15 is 0 Å². The Labute approximate surface area is 239 Å². The summed E-state index contributed by atoms with van der Waals surface area (Å²) in [6, 6.07) is 28.7. The molecule has 4 aromatic rings. The second-order valence-corrected chi connectivity index (χ2v) is 9.47. The van der Waals surface area contributed by atoms with E-state index in [1.165, 1.54) is 28.0 Å². The zero-order valence-corrected chi connectivity index (χ0v) is 22.3. The molecule has 2 amide bonds. The lowest BCUT2D eigenvalue weighted by molar-refractivity contribution is -0.384. The van der Waals surface area contributed by atoms with E-state index in [9.17, 15) is 19.7 Å². The molecule has 0 saturated carbocycles. The molecule has 8 nitrogen and oxygen atoms in total. The molecule has 1 aliphatic rings. The molecule has 0 atom stereocenters. The summed E-state index contributed by atoms with van der Waals surface area (Å²) < 4.78 is 5.78. The molecular formula is C30H20ClN3O5S. The van der Waals surface area contributed by atoms with Gasteiger partial charge in [0, 0.05) is 12.1 Å². The molecule has 1 heterocycles. The third-order valence-electron chi connectivity index (χ3n) is 6.09. The number of nitrogens with zero attached hydrogens (tertiary/aromatic N) is 3. The van der Waals surface area contributed by atoms with Crippen molar-refractivity contribution in [1.82, 2.24) is 0 Å². The smallest absolute Gasteiger partial charge is 0.270 e. The Morgan fingerprint density at radius 2 is 1.38 bits per heavy atom. The van der Waals surface area contributed by atoms with Gasteiger partial charge in [0.25, 0.3) is 17.5 Å². The van der Waals surface area contributed by atoms with Gasteiger partial charge in [-0.15, -0.1) is 0 Å². The molecule has 5 rings (SSSR count). The van der Waals surface area contributed by atoms with E-state index in [2.05, 4.69) is 0 Å². The Morgan fingerprint density at radius 1 is 0.825 bits per heavy atom. The fourth-order valence-corrected chi connectivity index (χ4v) is 4.72. The number of thiocarbonyl (C=S) groups is 1. The lowest BCUT2D eigenvalue weighted by Crippen LogP contribution is -2.56. The van der Waals surface area contributed by atoms with Crippen LogP contribution in [0.25, 0.3) is 6.08 Å². The summed E-state index contributed by atoms with van der Waals surface area (Å²) in [5, 5.41) is 11.2. The van der Waals surface area contributed by atoms with Crippen LogP contribution in [0.5, 0.6) is 5.75 Å². The topological polar surface area (TPSA) is 93.0 Å². The maximum absolute atomic E-state index is 13.6. The Morgan fingerprint density at radius 3 is 1.88 bits per heavy atom. The van der Waals surface area contributed by atoms with Crippen molar-refractivity contribution >= 4 is 63.9 Å². The summed E-state index contributed by atoms with van der Waals surface area (Å²) in [6.45, 7) is 0.143. The van der Waals surface area contributed by atoms with Gasteiger partial charge in [-0.2, -0.15) is 0 Å². The van der Waals surface area contributed by atoms with Crippen molar-refractivity contribution < 1.29 is 19.2 Å². The van der Waals surface area contributed by atoms with Gasteiger partial charge in [0.15, 0.2) is 5.11 Å². The number of carbonyl (C=O) groups is 2. The van der Waals surface area contributed by atoms with Gasteiger partial charge in [-0.1, -0.05) is 54.1 Å². The number of benzene rings is 4. The normalized spacial score (nSPS) is 13.4. The van der Waals surface area contributed by atoms with Crippen LogP contribution in [0.4, 0.5) is 17.1 Å². The van der Waals surface area contributed by atoms with Crippen LogP contribution in [0.1, 0.15) is 11.1 Å². The van der Waals surface area contributed by atoms with Crippen molar-refractivity contribution in [1.29, 1.82) is 0 Å². The van der Waals surface area contributed by atoms with E-state index in [0.717, 1.165) is 5.56 Å². The maximum Gasteiger partial charge on any atom is 0.270 e. The number of halogens is 1. The predicted octanol–water partition coefficient (Wildman–Crippen LogP) is 6.58. The number of hydrogen-bond donors (Lipinski definition) is 0. The first-order valence-electron chi connectivity index (χ1n) is 12.0. The van der Waals surface area contributed by atoms with E-state index < -0.39 is 16.7 Å². The first-order chi connectivity index (χ1) is 19.3. The Kier molecular flexibility index (Phi) is 7.68. The summed E-state index contributed by atoms with van der Waals surface area (Å²) in [5.41, 5.74) is 2.21. The van der Waals surface area contributed by atoms with Crippen LogP contribution in [-0.4, -0.2) is 21.9 Å². The Bertz CT molecular complexity index is 1580. The number of amides is 2. The zero-order valence-electron chi connectivity index (χ0n) is 20.8. The minimum absolute atomic E-state index is 0.0107. The summed E-state index contributed by atoms with van der Waals surface area (Å²) in [4.78, 5) is 40.3. The van der Waals surface area contributed by atoms with Gasteiger partial charge in [-0.05, 0) is 78.0 Å². The number of nitro benzene ring substituents is 1. The van der Waals surface area contributed by atoms with Crippen molar-refractivity contribution in [2.45, 2.75) is 6.61 Å². The molecule has 0 N–H and O–H groups in total. The van der Waals surface area contributed by atoms with E-state index in [4.69, 9.17) is 28.6 Å². The van der Waals surface area contributed by atoms with E-state index in [0.29, 0.717) is 22.7 Å². The molecule has 0 aromatic heterocycles. The standard InChI is InChI=1S/C30H20ClN3O5S/c31-26-18-21(13-16-27(26)39-19-20-11-14-24(15-12-20)34(37)38)17-25-28(35)32(22-7-3-1-4-8-22)30(40)33(29(25)36)23-9-5-2-6-10-23/h1-18H,19H2. The fourth-order valence-electron chi connectivity index (χ4n) is 4.10. The highest BCUT2D eigenvalue weighted by Gasteiger charge is 2.41. The fraction of sp³-hybridized carbons (Fsp3) is 0.0333. The molecule has 198 valence electrons. The average Bonchev–Trinajstić information content (AvgIpc) is 2.96. The Hall–Kier alpha value is -4.86. The van der Waals surface area contributed by atoms with Crippen LogP contribution in [0.3, 0.4) is 0 Å². The maximum atomic E-state index is 13.6. The first kappa shape index (κ1) is 26.7. The quantitative estimate of drug-likeness (QED) is 0.0821. The molecule has 0 unspecified atom stereocenters. The van der Waals surface area contributed by atoms with E-state index in [-0.39, 0.29) is 28.0 Å². The molecule has 1 saturated heterocycles. The average molecular weight is 570 g/mol. The van der Waals surface area contributed by atoms with E-state index in [1.807, 2.05) is 12.1 Å². The number of carbonyl (C=O) groups excluding carboxylic acids is 2. The number of nitro groups is 1. The lowest BCUT2D eigenvalue weighted by Gasteiger charge is -2.36. The predicted molar refractivity (Wildman–Crippen MR) is 157 cm³/mol. The van der Waals surface area contributed by atoms with Crippen LogP contribution in [-0.2, 0) is 16.2 Å². The Balaban J connectivity index is 1.44. The first-order valence-corrected chi connectivity index (χ1v) is 12.8. The number of ether oxygens (including phenoxy) is 1. The largest absolute Gasteiger partial charge is 0.487 e. The third-order valence-corrected chi connectivity index (χ3v) is 6.75. The van der Waals surface area contributed by atoms with Crippen LogP contribution in [0.15, 0.2) is 109 Å². The van der Waals surface area contributed by atoms with Gasteiger partial charge < -0.3 is 4.74 Å². The van der Waals surface area contributed by atoms with Crippen molar-refractivity contribution in [3.8, 4) is 5.75 Å². The molecule has 1 aliphatic heterocycles. The lowest BCUT2D eigenvalue weighted by atomic mass is 10.0. The summed E-state index contributed by atoms with van der Waals surface area (Å²) in [7, 11) is 0. The van der Waals surface area contributed by atoms with Crippen LogP contribution >= 0.6 is 23.8 Å². The van der Waals surface area contributed by atoms with Gasteiger partial charge in [0.2, 0.25) is 0 Å². The second-order valence-electron chi connectivity index (χ2n) is 8.69. The third kappa shape index (κ3) is 5.47. The van der Waals surface area contributed by atoms with Crippen LogP contribution in [0, 0.1) is 10.1 Å². The molecule has 4 aromatic carbocycles. The highest BCUT2D eigenvalue weighted by atomic mass is 35.5. The molecule has 0 aliphatic carbocycles. The molecule has 0 radical (unpaired) electrons. The highest BCUT2D eigenvalue weighted by Crippen LogP contribution is 2.32. The summed E-state index contributed by atoms with van der Waals surface area (Å²) in [5.74, 6) is -0.729. The number of hydrogen-bond acceptors (Lipinski definition) is 6. The SMILES string of the molecule is O=C1C(=Cc2ccc(OCc3ccc([N+](=O)[O-])cc3)c(Cl)c2)C(=O)N(c2ccccc2)C(=S)N1c1ccccc1. The number of non-ortho nitro benzene ring substituents is 1. The van der Waals surface area contributed by atoms with Crippen molar-refractivity contribution in [3.63, 3.8) is 0 Å². The van der Waals surface area contributed by atoms with Gasteiger partial charge in [-0.25, -0.2) is 0 Å². The molecule has 0 bridgehead atoms. The zero-order chi connectivity index (χ0) is 28.2. The minimum Gasteiger partial charge on any atom is -0.487 e. The minimum atomic E-state index is -0.553. The molecule has 0 spiro atoms. The van der Waals surface area contributed by atoms with Gasteiger partial charge in [0.05, 0.1) is 21.3 Å². The van der Waals surface area contributed by atoms with Gasteiger partial charge >= 0.3 is 0 Å². The number of rotatable bonds is 7. The van der Waals surface area contributed by atoms with Crippen molar-refractivity contribution in [2.75, 3.05) is 9.80 Å². The van der Waals surface area contributed by atoms with Crippen molar-refractivity contribution in [3.05, 3.63) is 135 Å². The molecule has 40 heavy (non-hydrogen) atoms. The number of anilines is 2. The molecule has 10 heteroatoms. The van der Waals surface area contributed by atoms with Crippen LogP contribution in [0.2, 0.25) is 5.02 Å². The summed E-state index contributed by atoms with van der Waals surface area (Å²) in [6.07, 6.45) is 1.48. The monoisotopic (exact) mass is 569 g/mol. The summed E-state index contributed by atoms with van der Waals surface area (Å²) >= 11 is 12.1. The van der Waals surface area contributed by atoms with E-state index in [1.54, 1.807) is 78.9 Å². The number of para-hydroxylation sites is 2.